The molecule has 2 aromatic carbocycles. The summed E-state index contributed by atoms with van der Waals surface area (Å²) in [6, 6.07) is 9.51. The molecule has 0 fully saturated rings. The van der Waals surface area contributed by atoms with Gasteiger partial charge in [-0.05, 0) is 48.0 Å². The van der Waals surface area contributed by atoms with Crippen LogP contribution in [0.4, 0.5) is 0 Å². The Morgan fingerprint density at radius 3 is 2.08 bits per heavy atom. The molecule has 0 unspecified atom stereocenters. The lowest BCUT2D eigenvalue weighted by Crippen LogP contribution is -2.15. The predicted molar refractivity (Wildman–Crippen MR) is 96.1 cm³/mol. The number of benzene rings is 2. The first kappa shape index (κ1) is 19.9. The first-order valence-corrected chi connectivity index (χ1v) is 7.64. The van der Waals surface area contributed by atoms with Gasteiger partial charge in [0.15, 0.2) is 11.5 Å². The van der Waals surface area contributed by atoms with Crippen LogP contribution in [-0.4, -0.2) is 25.0 Å². The second-order valence-corrected chi connectivity index (χ2v) is 5.27. The molecule has 1 N–H and O–H groups in total. The van der Waals surface area contributed by atoms with Crippen molar-refractivity contribution in [3.05, 3.63) is 35.9 Å². The first-order chi connectivity index (χ1) is 11.0. The topological polar surface area (TPSA) is 64.6 Å². The van der Waals surface area contributed by atoms with Gasteiger partial charge in [-0.2, -0.15) is 0 Å². The van der Waals surface area contributed by atoms with E-state index in [1.165, 1.54) is 19.4 Å². The molecule has 0 aliphatic heterocycles. The predicted octanol–water partition coefficient (Wildman–Crippen LogP) is 3.26. The summed E-state index contributed by atoms with van der Waals surface area (Å²) >= 11 is 0. The van der Waals surface area contributed by atoms with Gasteiger partial charge < -0.3 is 14.8 Å². The van der Waals surface area contributed by atoms with Crippen molar-refractivity contribution in [2.24, 2.45) is 0 Å². The number of hydrogen-bond donors (Lipinski definition) is 1. The maximum Gasteiger partial charge on any atom is 0.308 e. The van der Waals surface area contributed by atoms with Crippen LogP contribution in [0.15, 0.2) is 30.3 Å². The third kappa shape index (κ3) is 5.51. The van der Waals surface area contributed by atoms with E-state index < -0.39 is 11.9 Å². The van der Waals surface area contributed by atoms with E-state index in [0.29, 0.717) is 0 Å². The fourth-order valence-electron chi connectivity index (χ4n) is 2.34. The quantitative estimate of drug-likeness (QED) is 0.491. The van der Waals surface area contributed by atoms with Gasteiger partial charge in [-0.15, -0.1) is 12.4 Å². The zero-order chi connectivity index (χ0) is 16.8. The van der Waals surface area contributed by atoms with Gasteiger partial charge in [-0.1, -0.05) is 25.1 Å². The second kappa shape index (κ2) is 9.25. The minimum absolute atomic E-state index is 0. The van der Waals surface area contributed by atoms with Crippen molar-refractivity contribution in [3.8, 4) is 11.5 Å². The Morgan fingerprint density at radius 1 is 0.958 bits per heavy atom. The lowest BCUT2D eigenvalue weighted by atomic mass is 10.0. The zero-order valence-electron chi connectivity index (χ0n) is 14.0. The molecule has 0 amide bonds. The Labute approximate surface area is 147 Å². The second-order valence-electron chi connectivity index (χ2n) is 5.27. The SMILES string of the molecule is CCNCCc1ccc2cc(OC(C)=O)c(OC(C)=O)cc2c1.Cl. The molecule has 0 atom stereocenters. The maximum absolute atomic E-state index is 11.3. The van der Waals surface area contributed by atoms with Crippen molar-refractivity contribution in [3.63, 3.8) is 0 Å². The highest BCUT2D eigenvalue weighted by molar-refractivity contribution is 5.88. The van der Waals surface area contributed by atoms with E-state index in [1.807, 2.05) is 12.1 Å². The largest absolute Gasteiger partial charge is 0.423 e. The van der Waals surface area contributed by atoms with Crippen LogP contribution in [0.5, 0.6) is 11.5 Å². The van der Waals surface area contributed by atoms with Gasteiger partial charge in [0.1, 0.15) is 0 Å². The van der Waals surface area contributed by atoms with Gasteiger partial charge >= 0.3 is 11.9 Å². The minimum atomic E-state index is -0.458. The van der Waals surface area contributed by atoms with Gasteiger partial charge in [-0.3, -0.25) is 9.59 Å². The summed E-state index contributed by atoms with van der Waals surface area (Å²) in [7, 11) is 0. The van der Waals surface area contributed by atoms with Crippen LogP contribution in [0.3, 0.4) is 0 Å². The molecule has 0 bridgehead atoms. The number of fused-ring (bicyclic) bond motifs is 1. The van der Waals surface area contributed by atoms with E-state index in [0.717, 1.165) is 30.3 Å². The molecule has 0 saturated heterocycles. The third-order valence-corrected chi connectivity index (χ3v) is 3.32. The molecule has 0 heterocycles. The highest BCUT2D eigenvalue weighted by Crippen LogP contribution is 2.33. The molecule has 0 radical (unpaired) electrons. The number of esters is 2. The molecule has 2 rings (SSSR count). The van der Waals surface area contributed by atoms with E-state index in [9.17, 15) is 9.59 Å². The monoisotopic (exact) mass is 351 g/mol. The van der Waals surface area contributed by atoms with Crippen LogP contribution >= 0.6 is 12.4 Å². The molecule has 130 valence electrons. The van der Waals surface area contributed by atoms with Crippen molar-refractivity contribution in [2.45, 2.75) is 27.2 Å². The van der Waals surface area contributed by atoms with Crippen LogP contribution in [0.2, 0.25) is 0 Å². The minimum Gasteiger partial charge on any atom is -0.423 e. The van der Waals surface area contributed by atoms with E-state index >= 15 is 0 Å². The molecule has 6 heteroatoms. The summed E-state index contributed by atoms with van der Waals surface area (Å²) < 4.78 is 10.3. The van der Waals surface area contributed by atoms with Gasteiger partial charge in [-0.25, -0.2) is 0 Å². The summed E-state index contributed by atoms with van der Waals surface area (Å²) in [5.74, 6) is -0.411. The standard InChI is InChI=1S/C18H21NO4.ClH/c1-4-19-8-7-14-5-6-15-10-17(22-12(2)20)18(23-13(3)21)11-16(15)9-14;/h5-6,9-11,19H,4,7-8H2,1-3H3;1H. The molecule has 0 spiro atoms. The molecular weight excluding hydrogens is 330 g/mol. The van der Waals surface area contributed by atoms with E-state index in [-0.39, 0.29) is 23.9 Å². The molecule has 0 aliphatic rings. The van der Waals surface area contributed by atoms with E-state index in [1.54, 1.807) is 12.1 Å². The molecule has 0 saturated carbocycles. The summed E-state index contributed by atoms with van der Waals surface area (Å²) in [4.78, 5) is 22.5. The van der Waals surface area contributed by atoms with Gasteiger partial charge in [0.25, 0.3) is 0 Å². The average molecular weight is 352 g/mol. The fourth-order valence-corrected chi connectivity index (χ4v) is 2.34. The fraction of sp³-hybridized carbons (Fsp3) is 0.333. The smallest absolute Gasteiger partial charge is 0.308 e. The van der Waals surface area contributed by atoms with Gasteiger partial charge in [0, 0.05) is 13.8 Å². The Balaban J connectivity index is 0.00000288. The van der Waals surface area contributed by atoms with Crippen molar-refractivity contribution < 1.29 is 19.1 Å². The highest BCUT2D eigenvalue weighted by Gasteiger charge is 2.12. The maximum atomic E-state index is 11.3. The number of nitrogens with one attached hydrogen (secondary N) is 1. The van der Waals surface area contributed by atoms with Crippen LogP contribution in [0, 0.1) is 0 Å². The van der Waals surface area contributed by atoms with Gasteiger partial charge in [0.05, 0.1) is 0 Å². The number of likely N-dealkylation sites (N-methyl/N-ethyl adjacent to an activating group) is 1. The number of ether oxygens (including phenoxy) is 2. The third-order valence-electron chi connectivity index (χ3n) is 3.32. The van der Waals surface area contributed by atoms with Crippen LogP contribution in [-0.2, 0) is 16.0 Å². The van der Waals surface area contributed by atoms with Crippen LogP contribution < -0.4 is 14.8 Å². The molecule has 0 aliphatic carbocycles. The van der Waals surface area contributed by atoms with Crippen molar-refractivity contribution in [2.75, 3.05) is 13.1 Å². The average Bonchev–Trinajstić information content (AvgIpc) is 2.47. The number of carbonyl (C=O) groups is 2. The molecule has 24 heavy (non-hydrogen) atoms. The summed E-state index contributed by atoms with van der Waals surface area (Å²) in [5, 5.41) is 5.14. The molecule has 0 aromatic heterocycles. The number of hydrogen-bond acceptors (Lipinski definition) is 5. The van der Waals surface area contributed by atoms with Crippen molar-refractivity contribution >= 4 is 35.1 Å². The summed E-state index contributed by atoms with van der Waals surface area (Å²) in [6.07, 6.45) is 0.915. The summed E-state index contributed by atoms with van der Waals surface area (Å²) in [6.45, 7) is 6.54. The molecule has 2 aromatic rings. The van der Waals surface area contributed by atoms with Gasteiger partial charge in [0.2, 0.25) is 0 Å². The Kier molecular flexibility index (Phi) is 7.68. The Morgan fingerprint density at radius 2 is 1.54 bits per heavy atom. The zero-order valence-corrected chi connectivity index (χ0v) is 14.9. The van der Waals surface area contributed by atoms with Crippen LogP contribution in [0.1, 0.15) is 26.3 Å². The van der Waals surface area contributed by atoms with Crippen molar-refractivity contribution in [1.29, 1.82) is 0 Å². The number of carbonyl (C=O) groups excluding carboxylic acids is 2. The Hall–Kier alpha value is -2.11. The lowest BCUT2D eigenvalue weighted by Gasteiger charge is -2.11. The van der Waals surface area contributed by atoms with E-state index in [4.69, 9.17) is 9.47 Å². The molecular formula is C18H22ClNO4. The Bertz CT molecular complexity index is 730. The summed E-state index contributed by atoms with van der Waals surface area (Å²) in [5.41, 5.74) is 1.19. The van der Waals surface area contributed by atoms with E-state index in [2.05, 4.69) is 18.3 Å². The van der Waals surface area contributed by atoms with Crippen LogP contribution in [0.25, 0.3) is 10.8 Å². The normalized spacial score (nSPS) is 10.1. The molecule has 5 nitrogen and oxygen atoms in total. The first-order valence-electron chi connectivity index (χ1n) is 7.64. The highest BCUT2D eigenvalue weighted by atomic mass is 35.5. The number of rotatable bonds is 6. The lowest BCUT2D eigenvalue weighted by molar-refractivity contribution is -0.134. The number of halogens is 1. The van der Waals surface area contributed by atoms with Crippen molar-refractivity contribution in [1.82, 2.24) is 5.32 Å².